The van der Waals surface area contributed by atoms with Crippen LogP contribution in [0.3, 0.4) is 0 Å². The molecule has 0 atom stereocenters. The average molecular weight is 214 g/mol. The Labute approximate surface area is 92.0 Å². The Morgan fingerprint density at radius 2 is 2.12 bits per heavy atom. The molecule has 0 bridgehead atoms. The number of benzene rings is 1. The predicted molar refractivity (Wildman–Crippen MR) is 62.1 cm³/mol. The molecule has 1 aromatic heterocycles. The summed E-state index contributed by atoms with van der Waals surface area (Å²) in [6, 6.07) is 9.54. The number of fused-ring (bicyclic) bond motifs is 2. The van der Waals surface area contributed by atoms with Crippen molar-refractivity contribution in [1.82, 2.24) is 9.99 Å². The molecule has 5 nitrogen and oxygen atoms in total. The number of nitrogens with zero attached hydrogens (tertiary/aromatic N) is 2. The van der Waals surface area contributed by atoms with Crippen LogP contribution in [0, 0.1) is 0 Å². The first-order valence-electron chi connectivity index (χ1n) is 4.95. The first-order valence-corrected chi connectivity index (χ1v) is 4.95. The van der Waals surface area contributed by atoms with Gasteiger partial charge in [0.1, 0.15) is 0 Å². The molecule has 0 spiro atoms. The van der Waals surface area contributed by atoms with Crippen molar-refractivity contribution < 1.29 is 4.79 Å². The van der Waals surface area contributed by atoms with Gasteiger partial charge < -0.3 is 0 Å². The molecule has 0 fully saturated rings. The maximum Gasteiger partial charge on any atom is 0.341 e. The number of hydrazine groups is 1. The number of carbonyl (C=O) groups excluding carboxylic acids is 1. The van der Waals surface area contributed by atoms with Crippen molar-refractivity contribution in [3.63, 3.8) is 0 Å². The van der Waals surface area contributed by atoms with Gasteiger partial charge in [-0.1, -0.05) is 18.2 Å². The number of urea groups is 1. The highest BCUT2D eigenvalue weighted by atomic mass is 16.2. The lowest BCUT2D eigenvalue weighted by Gasteiger charge is -2.26. The summed E-state index contributed by atoms with van der Waals surface area (Å²) in [6.45, 7) is 0. The summed E-state index contributed by atoms with van der Waals surface area (Å²) in [5, 5.41) is 5.14. The van der Waals surface area contributed by atoms with E-state index >= 15 is 0 Å². The van der Waals surface area contributed by atoms with E-state index in [1.54, 1.807) is 7.05 Å². The van der Waals surface area contributed by atoms with Gasteiger partial charge in [-0.15, -0.1) is 0 Å². The molecule has 0 unspecified atom stereocenters. The summed E-state index contributed by atoms with van der Waals surface area (Å²) < 4.78 is 0. The van der Waals surface area contributed by atoms with Crippen LogP contribution in [0.25, 0.3) is 10.9 Å². The number of aromatic nitrogens is 1. The van der Waals surface area contributed by atoms with E-state index in [4.69, 9.17) is 0 Å². The summed E-state index contributed by atoms with van der Waals surface area (Å²) in [7, 11) is 1.66. The number of amides is 2. The van der Waals surface area contributed by atoms with Crippen molar-refractivity contribution in [3.8, 4) is 0 Å². The third-order valence-corrected chi connectivity index (χ3v) is 2.54. The summed E-state index contributed by atoms with van der Waals surface area (Å²) >= 11 is 0. The molecule has 0 aliphatic carbocycles. The Morgan fingerprint density at radius 1 is 1.31 bits per heavy atom. The molecule has 1 aliphatic heterocycles. The minimum Gasteiger partial charge on any atom is -0.291 e. The molecule has 2 N–H and O–H groups in total. The first kappa shape index (κ1) is 8.96. The lowest BCUT2D eigenvalue weighted by Crippen LogP contribution is -2.40. The molecule has 1 aliphatic rings. The van der Waals surface area contributed by atoms with Crippen LogP contribution in [0.1, 0.15) is 0 Å². The zero-order valence-electron chi connectivity index (χ0n) is 8.69. The third kappa shape index (κ3) is 1.25. The Bertz CT molecular complexity index is 581. The van der Waals surface area contributed by atoms with Crippen molar-refractivity contribution in [2.45, 2.75) is 0 Å². The summed E-state index contributed by atoms with van der Waals surface area (Å²) in [5.74, 6) is 0.571. The monoisotopic (exact) mass is 214 g/mol. The van der Waals surface area contributed by atoms with E-state index in [-0.39, 0.29) is 6.03 Å². The lowest BCUT2D eigenvalue weighted by atomic mass is 10.2. The Kier molecular flexibility index (Phi) is 1.73. The Morgan fingerprint density at radius 3 is 3.00 bits per heavy atom. The van der Waals surface area contributed by atoms with Crippen molar-refractivity contribution in [2.75, 3.05) is 17.8 Å². The molecule has 2 amide bonds. The minimum atomic E-state index is -0.213. The molecule has 16 heavy (non-hydrogen) atoms. The lowest BCUT2D eigenvalue weighted by molar-refractivity contribution is 0.229. The van der Waals surface area contributed by atoms with Gasteiger partial charge >= 0.3 is 6.03 Å². The zero-order valence-corrected chi connectivity index (χ0v) is 8.69. The Balaban J connectivity index is 2.20. The van der Waals surface area contributed by atoms with Gasteiger partial charge in [0.15, 0.2) is 5.82 Å². The highest BCUT2D eigenvalue weighted by molar-refractivity contribution is 5.98. The van der Waals surface area contributed by atoms with Gasteiger partial charge in [0.2, 0.25) is 0 Å². The number of rotatable bonds is 0. The molecule has 5 heteroatoms. The molecule has 3 rings (SSSR count). The Hall–Kier alpha value is -2.30. The maximum atomic E-state index is 11.4. The van der Waals surface area contributed by atoms with Gasteiger partial charge in [0.25, 0.3) is 0 Å². The normalized spacial score (nSPS) is 14.3. The largest absolute Gasteiger partial charge is 0.341 e. The van der Waals surface area contributed by atoms with Gasteiger partial charge in [-0.2, -0.15) is 0 Å². The molecule has 0 radical (unpaired) electrons. The quantitative estimate of drug-likeness (QED) is 0.705. The fourth-order valence-corrected chi connectivity index (χ4v) is 1.71. The molecule has 2 aromatic rings. The molecule has 1 aromatic carbocycles. The SMILES string of the molecule is CN1Nc2cc3ccccc3nc2NC1=O. The van der Waals surface area contributed by atoms with E-state index in [9.17, 15) is 4.79 Å². The number of para-hydroxylation sites is 1. The van der Waals surface area contributed by atoms with Crippen LogP contribution in [0.4, 0.5) is 16.3 Å². The highest BCUT2D eigenvalue weighted by Gasteiger charge is 2.19. The second-order valence-corrected chi connectivity index (χ2v) is 3.68. The topological polar surface area (TPSA) is 57.3 Å². The number of nitrogens with one attached hydrogen (secondary N) is 2. The van der Waals surface area contributed by atoms with E-state index in [0.717, 1.165) is 16.6 Å². The first-order chi connectivity index (χ1) is 7.74. The molecule has 0 saturated heterocycles. The van der Waals surface area contributed by atoms with Crippen molar-refractivity contribution >= 4 is 28.4 Å². The number of hydrogen-bond donors (Lipinski definition) is 2. The van der Waals surface area contributed by atoms with Crippen LogP contribution in [0.5, 0.6) is 0 Å². The fourth-order valence-electron chi connectivity index (χ4n) is 1.71. The van der Waals surface area contributed by atoms with Gasteiger partial charge in [-0.25, -0.2) is 14.8 Å². The fraction of sp³-hybridized carbons (Fsp3) is 0.0909. The van der Waals surface area contributed by atoms with Crippen LogP contribution in [-0.2, 0) is 0 Å². The van der Waals surface area contributed by atoms with Crippen molar-refractivity contribution in [2.24, 2.45) is 0 Å². The van der Waals surface area contributed by atoms with Gasteiger partial charge in [-0.3, -0.25) is 10.7 Å². The van der Waals surface area contributed by atoms with Gasteiger partial charge in [0.05, 0.1) is 11.2 Å². The predicted octanol–water partition coefficient (Wildman–Crippen LogP) is 2.04. The third-order valence-electron chi connectivity index (χ3n) is 2.54. The summed E-state index contributed by atoms with van der Waals surface area (Å²) in [6.07, 6.45) is 0. The molecular formula is C11H10N4O. The zero-order chi connectivity index (χ0) is 11.1. The van der Waals surface area contributed by atoms with Crippen molar-refractivity contribution in [1.29, 1.82) is 0 Å². The number of anilines is 2. The molecule has 0 saturated carbocycles. The smallest absolute Gasteiger partial charge is 0.291 e. The van der Waals surface area contributed by atoms with Crippen molar-refractivity contribution in [3.05, 3.63) is 30.3 Å². The second kappa shape index (κ2) is 3.10. The molecule has 2 heterocycles. The van der Waals surface area contributed by atoms with Crippen LogP contribution < -0.4 is 10.7 Å². The number of hydrogen-bond acceptors (Lipinski definition) is 3. The van der Waals surface area contributed by atoms with E-state index in [1.807, 2.05) is 30.3 Å². The van der Waals surface area contributed by atoms with Crippen LogP contribution in [0.15, 0.2) is 30.3 Å². The standard InChI is InChI=1S/C11H10N4O/c1-15-11(16)13-10-9(14-15)6-7-4-2-3-5-8(7)12-10/h2-6,14H,1H3,(H,12,13,16). The van der Waals surface area contributed by atoms with Crippen LogP contribution in [-0.4, -0.2) is 23.1 Å². The number of pyridine rings is 1. The van der Waals surface area contributed by atoms with E-state index in [0.29, 0.717) is 5.82 Å². The number of carbonyl (C=O) groups is 1. The van der Waals surface area contributed by atoms with Crippen LogP contribution in [0.2, 0.25) is 0 Å². The van der Waals surface area contributed by atoms with Gasteiger partial charge in [-0.05, 0) is 12.1 Å². The van der Waals surface area contributed by atoms with Gasteiger partial charge in [0, 0.05) is 12.4 Å². The molecular weight excluding hydrogens is 204 g/mol. The summed E-state index contributed by atoms with van der Waals surface area (Å²) in [4.78, 5) is 15.8. The molecule has 80 valence electrons. The van der Waals surface area contributed by atoms with Crippen LogP contribution >= 0.6 is 0 Å². The van der Waals surface area contributed by atoms with E-state index < -0.39 is 0 Å². The average Bonchev–Trinajstić information content (AvgIpc) is 2.28. The highest BCUT2D eigenvalue weighted by Crippen LogP contribution is 2.27. The maximum absolute atomic E-state index is 11.4. The van der Waals surface area contributed by atoms with E-state index in [2.05, 4.69) is 15.7 Å². The minimum absolute atomic E-state index is 0.213. The summed E-state index contributed by atoms with van der Waals surface area (Å²) in [5.41, 5.74) is 4.64. The second-order valence-electron chi connectivity index (χ2n) is 3.68. The van der Waals surface area contributed by atoms with E-state index in [1.165, 1.54) is 5.01 Å².